The fraction of sp³-hybridized carbons (Fsp3) is 0. The lowest BCUT2D eigenvalue weighted by molar-refractivity contribution is 0.0981. The molecule has 0 saturated carbocycles. The van der Waals surface area contributed by atoms with Gasteiger partial charge in [0, 0.05) is 5.56 Å². The fourth-order valence-electron chi connectivity index (χ4n) is 0.662. The third-order valence-corrected chi connectivity index (χ3v) is 1.38. The molecule has 0 heterocycles. The Kier molecular flexibility index (Phi) is 2.23. The summed E-state index contributed by atoms with van der Waals surface area (Å²) in [5.41, 5.74) is 0.650. The molecule has 0 unspecified atom stereocenters. The Morgan fingerprint density at radius 2 is 1.90 bits per heavy atom. The zero-order chi connectivity index (χ0) is 7.40. The van der Waals surface area contributed by atoms with Crippen molar-refractivity contribution in [1.82, 2.24) is 4.98 Å². The molecule has 0 atom stereocenters. The summed E-state index contributed by atoms with van der Waals surface area (Å²) >= 11 is 0. The van der Waals surface area contributed by atoms with Gasteiger partial charge in [0.05, 0.1) is 0 Å². The molecule has 3 radical (unpaired) electrons. The Labute approximate surface area is 62.8 Å². The van der Waals surface area contributed by atoms with Crippen molar-refractivity contribution in [3.05, 3.63) is 35.9 Å². The molecule has 3 heteroatoms. The van der Waals surface area contributed by atoms with Gasteiger partial charge in [0.2, 0.25) is 5.91 Å². The van der Waals surface area contributed by atoms with Crippen LogP contribution in [0.2, 0.25) is 0 Å². The molecule has 0 aromatic heterocycles. The summed E-state index contributed by atoms with van der Waals surface area (Å²) in [6, 6.07) is 8.99. The molecule has 1 amide bonds. The topological polar surface area (TPSA) is 29.1 Å². The molecule has 1 rings (SSSR count). The van der Waals surface area contributed by atoms with Crippen molar-refractivity contribution in [1.29, 1.82) is 0 Å². The second-order valence-electron chi connectivity index (χ2n) is 1.82. The SMILES string of the molecule is O=C(N[Si])c1ccccc1. The van der Waals surface area contributed by atoms with Crippen LogP contribution in [0.4, 0.5) is 0 Å². The van der Waals surface area contributed by atoms with Crippen LogP contribution in [-0.2, 0) is 0 Å². The molecule has 10 heavy (non-hydrogen) atoms. The summed E-state index contributed by atoms with van der Waals surface area (Å²) in [4.78, 5) is 13.2. The van der Waals surface area contributed by atoms with E-state index < -0.39 is 0 Å². The highest BCUT2D eigenvalue weighted by atomic mass is 28.2. The van der Waals surface area contributed by atoms with E-state index in [1.807, 2.05) is 18.2 Å². The second-order valence-corrected chi connectivity index (χ2v) is 2.07. The molecule has 0 saturated heterocycles. The highest BCUT2D eigenvalue weighted by Crippen LogP contribution is 1.96. The van der Waals surface area contributed by atoms with Crippen molar-refractivity contribution in [2.24, 2.45) is 0 Å². The summed E-state index contributed by atoms with van der Waals surface area (Å²) < 4.78 is 0. The number of benzene rings is 1. The summed E-state index contributed by atoms with van der Waals surface area (Å²) in [6.07, 6.45) is 0. The largest absolute Gasteiger partial charge is 0.379 e. The third-order valence-electron chi connectivity index (χ3n) is 1.15. The number of nitrogens with one attached hydrogen (secondary N) is 1. The summed E-state index contributed by atoms with van der Waals surface area (Å²) in [6.45, 7) is 0. The standard InChI is InChI=1S/C7H6NOSi/c9-7(8-10)6-4-2-1-3-5-6/h1-5H,(H,8,9). The minimum Gasteiger partial charge on any atom is -0.379 e. The van der Waals surface area contributed by atoms with E-state index in [1.54, 1.807) is 12.1 Å². The average molecular weight is 148 g/mol. The van der Waals surface area contributed by atoms with E-state index in [0.717, 1.165) is 0 Å². The van der Waals surface area contributed by atoms with E-state index >= 15 is 0 Å². The van der Waals surface area contributed by atoms with Gasteiger partial charge in [-0.05, 0) is 12.1 Å². The number of hydrogen-bond donors (Lipinski definition) is 1. The van der Waals surface area contributed by atoms with Crippen molar-refractivity contribution in [2.75, 3.05) is 0 Å². The summed E-state index contributed by atoms with van der Waals surface area (Å²) in [7, 11) is 2.90. The first-order chi connectivity index (χ1) is 4.84. The first-order valence-electron chi connectivity index (χ1n) is 2.86. The monoisotopic (exact) mass is 148 g/mol. The van der Waals surface area contributed by atoms with Crippen LogP contribution < -0.4 is 4.98 Å². The first-order valence-corrected chi connectivity index (χ1v) is 3.36. The molecule has 0 bridgehead atoms. The second kappa shape index (κ2) is 3.17. The molecule has 49 valence electrons. The summed E-state index contributed by atoms with van der Waals surface area (Å²) in [5.74, 6) is -0.128. The number of carbonyl (C=O) groups excluding carboxylic acids is 1. The molecule has 1 aromatic carbocycles. The smallest absolute Gasteiger partial charge is 0.243 e. The third kappa shape index (κ3) is 1.45. The molecule has 0 spiro atoms. The maximum absolute atomic E-state index is 10.9. The lowest BCUT2D eigenvalue weighted by atomic mass is 10.2. The van der Waals surface area contributed by atoms with E-state index in [0.29, 0.717) is 5.56 Å². The van der Waals surface area contributed by atoms with Crippen molar-refractivity contribution in [3.8, 4) is 0 Å². The van der Waals surface area contributed by atoms with Crippen LogP contribution in [0.15, 0.2) is 30.3 Å². The van der Waals surface area contributed by atoms with Crippen LogP contribution in [-0.4, -0.2) is 16.3 Å². The Hall–Kier alpha value is -1.09. The molecule has 1 N–H and O–H groups in total. The van der Waals surface area contributed by atoms with Gasteiger partial charge in [0.25, 0.3) is 0 Å². The Morgan fingerprint density at radius 1 is 1.30 bits per heavy atom. The van der Waals surface area contributed by atoms with Crippen molar-refractivity contribution in [2.45, 2.75) is 0 Å². The minimum atomic E-state index is -0.128. The predicted octanol–water partition coefficient (Wildman–Crippen LogP) is 0.500. The number of rotatable bonds is 1. The van der Waals surface area contributed by atoms with Gasteiger partial charge in [-0.25, -0.2) is 0 Å². The lowest BCUT2D eigenvalue weighted by Gasteiger charge is -1.95. The average Bonchev–Trinajstić information content (AvgIpc) is 2.05. The van der Waals surface area contributed by atoms with Gasteiger partial charge in [0.1, 0.15) is 0 Å². The molecular formula is C7H6NOSi. The van der Waals surface area contributed by atoms with Crippen LogP contribution in [0.3, 0.4) is 0 Å². The predicted molar refractivity (Wildman–Crippen MR) is 39.7 cm³/mol. The highest BCUT2D eigenvalue weighted by Gasteiger charge is 1.97. The van der Waals surface area contributed by atoms with Crippen molar-refractivity contribution in [3.63, 3.8) is 0 Å². The molecule has 0 aliphatic heterocycles. The van der Waals surface area contributed by atoms with E-state index in [1.165, 1.54) is 0 Å². The van der Waals surface area contributed by atoms with Crippen LogP contribution in [0, 0.1) is 0 Å². The Balaban J connectivity index is 2.85. The normalized spacial score (nSPS) is 8.90. The van der Waals surface area contributed by atoms with Crippen molar-refractivity contribution < 1.29 is 4.79 Å². The number of amides is 1. The molecule has 2 nitrogen and oxygen atoms in total. The Bertz CT molecular complexity index is 222. The number of hydrogen-bond acceptors (Lipinski definition) is 1. The van der Waals surface area contributed by atoms with E-state index in [2.05, 4.69) is 15.4 Å². The van der Waals surface area contributed by atoms with Crippen molar-refractivity contribution >= 4 is 16.3 Å². The highest BCUT2D eigenvalue weighted by molar-refractivity contribution is 6.18. The minimum absolute atomic E-state index is 0.128. The maximum atomic E-state index is 10.9. The van der Waals surface area contributed by atoms with Gasteiger partial charge in [-0.2, -0.15) is 0 Å². The molecular weight excluding hydrogens is 142 g/mol. The van der Waals surface area contributed by atoms with Gasteiger partial charge in [-0.3, -0.25) is 4.79 Å². The lowest BCUT2D eigenvalue weighted by Crippen LogP contribution is -2.19. The Morgan fingerprint density at radius 3 is 2.40 bits per heavy atom. The molecule has 0 fully saturated rings. The van der Waals surface area contributed by atoms with Gasteiger partial charge in [-0.1, -0.05) is 18.2 Å². The molecule has 1 aromatic rings. The van der Waals surface area contributed by atoms with Gasteiger partial charge in [-0.15, -0.1) is 0 Å². The van der Waals surface area contributed by atoms with Crippen LogP contribution >= 0.6 is 0 Å². The van der Waals surface area contributed by atoms with Crippen LogP contribution in [0.1, 0.15) is 10.4 Å². The van der Waals surface area contributed by atoms with Gasteiger partial charge >= 0.3 is 0 Å². The quantitative estimate of drug-likeness (QED) is 0.577. The van der Waals surface area contributed by atoms with E-state index in [9.17, 15) is 4.79 Å². The molecule has 0 aliphatic rings. The van der Waals surface area contributed by atoms with Gasteiger partial charge < -0.3 is 4.98 Å². The first kappa shape index (κ1) is 7.02. The maximum Gasteiger partial charge on any atom is 0.243 e. The van der Waals surface area contributed by atoms with E-state index in [-0.39, 0.29) is 5.91 Å². The summed E-state index contributed by atoms with van der Waals surface area (Å²) in [5, 5.41) is 0. The van der Waals surface area contributed by atoms with Crippen LogP contribution in [0.25, 0.3) is 0 Å². The number of carbonyl (C=O) groups is 1. The van der Waals surface area contributed by atoms with Crippen LogP contribution in [0.5, 0.6) is 0 Å². The fourth-order valence-corrected chi connectivity index (χ4v) is 0.806. The van der Waals surface area contributed by atoms with E-state index in [4.69, 9.17) is 0 Å². The zero-order valence-corrected chi connectivity index (χ0v) is 6.29. The zero-order valence-electron chi connectivity index (χ0n) is 5.29. The molecule has 0 aliphatic carbocycles. The van der Waals surface area contributed by atoms with Gasteiger partial charge in [0.15, 0.2) is 10.4 Å².